The van der Waals surface area contributed by atoms with Crippen LogP contribution in [-0.4, -0.2) is 38.6 Å². The van der Waals surface area contributed by atoms with Gasteiger partial charge >= 0.3 is 0 Å². The normalized spacial score (nSPS) is 13.3. The van der Waals surface area contributed by atoms with Crippen molar-refractivity contribution in [1.82, 2.24) is 5.32 Å². The van der Waals surface area contributed by atoms with Crippen LogP contribution in [0.3, 0.4) is 0 Å². The molecule has 0 saturated carbocycles. The van der Waals surface area contributed by atoms with E-state index in [0.29, 0.717) is 25.9 Å². The first-order valence-electron chi connectivity index (χ1n) is 12.0. The molecule has 2 N–H and O–H groups in total. The lowest BCUT2D eigenvalue weighted by atomic mass is 10.1. The molecule has 0 saturated heterocycles. The summed E-state index contributed by atoms with van der Waals surface area (Å²) in [6, 6.07) is 20.9. The second-order valence-electron chi connectivity index (χ2n) is 9.64. The molecule has 4 nitrogen and oxygen atoms in total. The third-order valence-electron chi connectivity index (χ3n) is 5.85. The number of carbonyl (C=O) groups excluding carboxylic acids is 1. The summed E-state index contributed by atoms with van der Waals surface area (Å²) < 4.78 is 6.89. The third-order valence-corrected chi connectivity index (χ3v) is 10.9. The van der Waals surface area contributed by atoms with Crippen molar-refractivity contribution < 1.29 is 14.3 Å². The Hall–Kier alpha value is -2.65. The largest absolute Gasteiger partial charge is 0.405 e. The fourth-order valence-corrected chi connectivity index (χ4v) is 8.78. The summed E-state index contributed by atoms with van der Waals surface area (Å²) in [5, 5.41) is 14.6. The maximum absolute atomic E-state index is 12.5. The molecule has 1 amide bonds. The van der Waals surface area contributed by atoms with E-state index in [1.165, 1.54) is 10.4 Å². The van der Waals surface area contributed by atoms with Crippen molar-refractivity contribution in [1.29, 1.82) is 0 Å². The second-order valence-corrected chi connectivity index (χ2v) is 13.9. The average molecular weight is 478 g/mol. The number of hydrogen-bond acceptors (Lipinski definition) is 3. The zero-order valence-corrected chi connectivity index (χ0v) is 22.0. The van der Waals surface area contributed by atoms with Crippen LogP contribution in [0.2, 0.25) is 5.04 Å². The Morgan fingerprint density at radius 1 is 1.12 bits per heavy atom. The van der Waals surface area contributed by atoms with Crippen LogP contribution < -0.4 is 15.7 Å². The smallest absolute Gasteiger partial charge is 0.261 e. The van der Waals surface area contributed by atoms with E-state index in [-0.39, 0.29) is 29.5 Å². The predicted molar refractivity (Wildman–Crippen MR) is 144 cm³/mol. The molecule has 0 aliphatic carbocycles. The molecule has 34 heavy (non-hydrogen) atoms. The summed E-state index contributed by atoms with van der Waals surface area (Å²) >= 11 is 0. The van der Waals surface area contributed by atoms with Crippen molar-refractivity contribution in [2.45, 2.75) is 58.0 Å². The Morgan fingerprint density at radius 2 is 1.68 bits per heavy atom. The summed E-state index contributed by atoms with van der Waals surface area (Å²) in [6.45, 7) is 12.8. The van der Waals surface area contributed by atoms with Crippen molar-refractivity contribution in [2.24, 2.45) is 5.92 Å². The molecule has 0 bridgehead atoms. The molecule has 2 rings (SSSR count). The molecule has 182 valence electrons. The Bertz CT molecular complexity index is 918. The molecule has 0 aliphatic rings. The molecule has 2 aromatic carbocycles. The van der Waals surface area contributed by atoms with Crippen molar-refractivity contribution in [2.75, 3.05) is 13.2 Å². The predicted octanol–water partition coefficient (Wildman–Crippen LogP) is 4.04. The van der Waals surface area contributed by atoms with E-state index in [1.54, 1.807) is 6.08 Å². The maximum Gasteiger partial charge on any atom is 0.261 e. The van der Waals surface area contributed by atoms with Crippen molar-refractivity contribution in [3.05, 3.63) is 73.3 Å². The first-order valence-corrected chi connectivity index (χ1v) is 13.9. The van der Waals surface area contributed by atoms with Gasteiger partial charge in [-0.1, -0.05) is 93.4 Å². The van der Waals surface area contributed by atoms with Crippen LogP contribution in [0, 0.1) is 17.8 Å². The molecule has 0 radical (unpaired) electrons. The molecule has 1 unspecified atom stereocenters. The third kappa shape index (κ3) is 7.43. The second kappa shape index (κ2) is 13.3. The topological polar surface area (TPSA) is 58.6 Å². The van der Waals surface area contributed by atoms with E-state index in [1.807, 2.05) is 19.1 Å². The Labute approximate surface area is 206 Å². The maximum atomic E-state index is 12.5. The minimum Gasteiger partial charge on any atom is -0.405 e. The number of nitrogens with one attached hydrogen (secondary N) is 1. The van der Waals surface area contributed by atoms with Gasteiger partial charge in [-0.2, -0.15) is 0 Å². The summed E-state index contributed by atoms with van der Waals surface area (Å²) in [5.74, 6) is 5.77. The molecule has 5 heteroatoms. The van der Waals surface area contributed by atoms with E-state index in [0.717, 1.165) is 0 Å². The van der Waals surface area contributed by atoms with Crippen molar-refractivity contribution in [3.63, 3.8) is 0 Å². The SMILES string of the molecule is C=CC(C#CCCCC(=O)N[C@H](C)CO[Si](c1ccccc1)(c1ccccc1)C(C)(C)C)CO. The highest BCUT2D eigenvalue weighted by Gasteiger charge is 2.50. The standard InChI is InChI=1S/C29H39NO3Si/c1-6-25(22-31)16-10-7-15-21-28(32)30-24(2)23-33-34(29(3,4)5,26-17-11-8-12-18-26)27-19-13-9-14-20-27/h6,8-9,11-14,17-20,24-25,31H,1,7,15,21-23H2,2-5H3,(H,30,32)/t24-,25?/m1/s1. The van der Waals surface area contributed by atoms with Crippen LogP contribution >= 0.6 is 0 Å². The number of amides is 1. The molecule has 0 heterocycles. The van der Waals surface area contributed by atoms with Gasteiger partial charge < -0.3 is 14.8 Å². The summed E-state index contributed by atoms with van der Waals surface area (Å²) in [6.07, 6.45) is 3.34. The van der Waals surface area contributed by atoms with Crippen LogP contribution in [0.4, 0.5) is 0 Å². The van der Waals surface area contributed by atoms with Gasteiger partial charge in [-0.05, 0) is 28.8 Å². The molecule has 0 aliphatic heterocycles. The fraction of sp³-hybridized carbons (Fsp3) is 0.414. The lowest BCUT2D eigenvalue weighted by Crippen LogP contribution is -2.67. The van der Waals surface area contributed by atoms with E-state index >= 15 is 0 Å². The first-order chi connectivity index (χ1) is 16.2. The average Bonchev–Trinajstić information content (AvgIpc) is 2.82. The molecule has 0 aromatic heterocycles. The van der Waals surface area contributed by atoms with Gasteiger partial charge in [0, 0.05) is 18.9 Å². The minimum absolute atomic E-state index is 0.00257. The highest BCUT2D eigenvalue weighted by molar-refractivity contribution is 6.99. The van der Waals surface area contributed by atoms with E-state index < -0.39 is 8.32 Å². The number of aliphatic hydroxyl groups excluding tert-OH is 1. The van der Waals surface area contributed by atoms with Gasteiger partial charge in [-0.3, -0.25) is 4.79 Å². The van der Waals surface area contributed by atoms with Gasteiger partial charge in [0.2, 0.25) is 5.91 Å². The minimum atomic E-state index is -2.62. The first kappa shape index (κ1) is 27.6. The van der Waals surface area contributed by atoms with Crippen LogP contribution in [0.25, 0.3) is 0 Å². The Balaban J connectivity index is 2.06. The molecule has 2 aromatic rings. The van der Waals surface area contributed by atoms with Crippen LogP contribution in [-0.2, 0) is 9.22 Å². The number of rotatable bonds is 11. The van der Waals surface area contributed by atoms with Gasteiger partial charge in [-0.15, -0.1) is 12.5 Å². The zero-order valence-electron chi connectivity index (χ0n) is 21.0. The molecule has 0 fully saturated rings. The summed E-state index contributed by atoms with van der Waals surface area (Å²) in [7, 11) is -2.62. The molecule has 2 atom stereocenters. The lowest BCUT2D eigenvalue weighted by Gasteiger charge is -2.43. The van der Waals surface area contributed by atoms with Gasteiger partial charge in [0.25, 0.3) is 8.32 Å². The van der Waals surface area contributed by atoms with Crippen molar-refractivity contribution >= 4 is 24.6 Å². The van der Waals surface area contributed by atoms with Crippen LogP contribution in [0.1, 0.15) is 47.0 Å². The summed E-state index contributed by atoms with van der Waals surface area (Å²) in [5.41, 5.74) is 0. The van der Waals surface area contributed by atoms with Crippen molar-refractivity contribution in [3.8, 4) is 11.8 Å². The number of carbonyl (C=O) groups is 1. The molecule has 0 spiro atoms. The molecular weight excluding hydrogens is 438 g/mol. The number of unbranched alkanes of at least 4 members (excludes halogenated alkanes) is 1. The lowest BCUT2D eigenvalue weighted by molar-refractivity contribution is -0.122. The highest BCUT2D eigenvalue weighted by Crippen LogP contribution is 2.36. The Morgan fingerprint density at radius 3 is 2.15 bits per heavy atom. The highest BCUT2D eigenvalue weighted by atomic mass is 28.4. The molecular formula is C29H39NO3Si. The van der Waals surface area contributed by atoms with Gasteiger partial charge in [0.1, 0.15) is 0 Å². The Kier molecular flexibility index (Phi) is 10.8. The zero-order chi connectivity index (χ0) is 25.0. The number of aliphatic hydroxyl groups is 1. The van der Waals surface area contributed by atoms with E-state index in [4.69, 9.17) is 9.53 Å². The number of benzene rings is 2. The van der Waals surface area contributed by atoms with E-state index in [9.17, 15) is 4.79 Å². The fourth-order valence-electron chi connectivity index (χ4n) is 4.12. The van der Waals surface area contributed by atoms with Crippen LogP contribution in [0.15, 0.2) is 73.3 Å². The van der Waals surface area contributed by atoms with Gasteiger partial charge in [0.15, 0.2) is 0 Å². The summed E-state index contributed by atoms with van der Waals surface area (Å²) in [4.78, 5) is 12.5. The monoisotopic (exact) mass is 477 g/mol. The van der Waals surface area contributed by atoms with E-state index in [2.05, 4.69) is 93.0 Å². The van der Waals surface area contributed by atoms with Gasteiger partial charge in [0.05, 0.1) is 19.1 Å². The quantitative estimate of drug-likeness (QED) is 0.222. The van der Waals surface area contributed by atoms with Gasteiger partial charge in [-0.25, -0.2) is 0 Å². The number of hydrogen-bond donors (Lipinski definition) is 2. The van der Waals surface area contributed by atoms with Crippen LogP contribution in [0.5, 0.6) is 0 Å².